The third-order valence-corrected chi connectivity index (χ3v) is 5.11. The molecule has 7 nitrogen and oxygen atoms in total. The van der Waals surface area contributed by atoms with Crippen molar-refractivity contribution < 1.29 is 14.2 Å². The highest BCUT2D eigenvalue weighted by Gasteiger charge is 2.11. The number of morpholine rings is 1. The third-order valence-electron chi connectivity index (χ3n) is 5.11. The largest absolute Gasteiger partial charge is 0.497 e. The average Bonchev–Trinajstić information content (AvgIpc) is 2.82. The summed E-state index contributed by atoms with van der Waals surface area (Å²) in [5, 5.41) is 6.72. The van der Waals surface area contributed by atoms with Crippen LogP contribution in [0.1, 0.15) is 18.1 Å². The topological polar surface area (TPSA) is 67.4 Å². The quantitative estimate of drug-likeness (QED) is 0.450. The Balaban J connectivity index is 1.53. The van der Waals surface area contributed by atoms with Crippen LogP contribution in [-0.2, 0) is 17.8 Å². The third kappa shape index (κ3) is 7.77. The van der Waals surface area contributed by atoms with Gasteiger partial charge in [-0.1, -0.05) is 30.3 Å². The van der Waals surface area contributed by atoms with Crippen LogP contribution in [-0.4, -0.2) is 64.0 Å². The van der Waals surface area contributed by atoms with Gasteiger partial charge in [-0.05, 0) is 30.7 Å². The zero-order valence-corrected chi connectivity index (χ0v) is 18.6. The van der Waals surface area contributed by atoms with E-state index in [1.54, 1.807) is 7.11 Å². The first-order valence-electron chi connectivity index (χ1n) is 10.9. The van der Waals surface area contributed by atoms with E-state index in [0.29, 0.717) is 19.7 Å². The number of aliphatic imine (C=N–C) groups is 1. The summed E-state index contributed by atoms with van der Waals surface area (Å²) in [7, 11) is 1.67. The summed E-state index contributed by atoms with van der Waals surface area (Å²) in [4.78, 5) is 7.08. The second-order valence-electron chi connectivity index (χ2n) is 7.31. The zero-order valence-electron chi connectivity index (χ0n) is 18.6. The fourth-order valence-electron chi connectivity index (χ4n) is 3.32. The molecule has 1 fully saturated rings. The molecule has 2 aromatic carbocycles. The molecular formula is C24H34N4O3. The Labute approximate surface area is 185 Å². The van der Waals surface area contributed by atoms with Gasteiger partial charge < -0.3 is 24.8 Å². The zero-order chi connectivity index (χ0) is 21.7. The van der Waals surface area contributed by atoms with Gasteiger partial charge in [0.15, 0.2) is 5.96 Å². The number of guanidine groups is 1. The predicted molar refractivity (Wildman–Crippen MR) is 124 cm³/mol. The molecule has 3 rings (SSSR count). The molecule has 1 heterocycles. The molecule has 1 aliphatic heterocycles. The van der Waals surface area contributed by atoms with Crippen molar-refractivity contribution in [1.29, 1.82) is 0 Å². The molecule has 0 bridgehead atoms. The van der Waals surface area contributed by atoms with Gasteiger partial charge in [0.1, 0.15) is 18.1 Å². The van der Waals surface area contributed by atoms with E-state index in [1.165, 1.54) is 0 Å². The van der Waals surface area contributed by atoms with Gasteiger partial charge in [-0.15, -0.1) is 0 Å². The van der Waals surface area contributed by atoms with Crippen LogP contribution in [0.2, 0.25) is 0 Å². The summed E-state index contributed by atoms with van der Waals surface area (Å²) < 4.78 is 16.7. The Morgan fingerprint density at radius 2 is 1.84 bits per heavy atom. The van der Waals surface area contributed by atoms with Crippen LogP contribution in [0.3, 0.4) is 0 Å². The first-order valence-corrected chi connectivity index (χ1v) is 10.9. The molecule has 0 radical (unpaired) electrons. The number of nitrogens with zero attached hydrogens (tertiary/aromatic N) is 2. The Morgan fingerprint density at radius 3 is 2.58 bits per heavy atom. The number of ether oxygens (including phenoxy) is 3. The number of para-hydroxylation sites is 1. The summed E-state index contributed by atoms with van der Waals surface area (Å²) in [5.41, 5.74) is 2.24. The monoisotopic (exact) mass is 426 g/mol. The van der Waals surface area contributed by atoms with E-state index < -0.39 is 0 Å². The first kappa shape index (κ1) is 22.9. The maximum absolute atomic E-state index is 6.09. The van der Waals surface area contributed by atoms with Crippen molar-refractivity contribution in [2.24, 2.45) is 4.99 Å². The molecule has 1 saturated heterocycles. The van der Waals surface area contributed by atoms with Crippen molar-refractivity contribution in [2.75, 3.05) is 53.1 Å². The fraction of sp³-hybridized carbons (Fsp3) is 0.458. The summed E-state index contributed by atoms with van der Waals surface area (Å²) in [6.45, 7) is 9.25. The summed E-state index contributed by atoms with van der Waals surface area (Å²) in [6.07, 6.45) is 0. The maximum Gasteiger partial charge on any atom is 0.191 e. The van der Waals surface area contributed by atoms with Gasteiger partial charge in [-0.3, -0.25) is 4.90 Å². The minimum atomic E-state index is 0.594. The second kappa shape index (κ2) is 12.8. The second-order valence-corrected chi connectivity index (χ2v) is 7.31. The molecule has 2 N–H and O–H groups in total. The lowest BCUT2D eigenvalue weighted by molar-refractivity contribution is 0.0322. The van der Waals surface area contributed by atoms with Gasteiger partial charge in [-0.2, -0.15) is 0 Å². The highest BCUT2D eigenvalue weighted by molar-refractivity contribution is 5.79. The lowest BCUT2D eigenvalue weighted by Crippen LogP contribution is -2.38. The summed E-state index contributed by atoms with van der Waals surface area (Å²) >= 11 is 0. The van der Waals surface area contributed by atoms with Crippen LogP contribution in [0.4, 0.5) is 0 Å². The molecule has 0 aromatic heterocycles. The Bertz CT molecular complexity index is 805. The van der Waals surface area contributed by atoms with Crippen molar-refractivity contribution in [2.45, 2.75) is 20.0 Å². The fourth-order valence-corrected chi connectivity index (χ4v) is 3.32. The first-order chi connectivity index (χ1) is 15.3. The average molecular weight is 427 g/mol. The van der Waals surface area contributed by atoms with Gasteiger partial charge in [0, 0.05) is 38.3 Å². The minimum Gasteiger partial charge on any atom is -0.497 e. The molecule has 7 heteroatoms. The number of hydrogen-bond acceptors (Lipinski definition) is 5. The van der Waals surface area contributed by atoms with E-state index >= 15 is 0 Å². The van der Waals surface area contributed by atoms with E-state index in [1.807, 2.05) is 42.5 Å². The molecule has 0 amide bonds. The summed E-state index contributed by atoms with van der Waals surface area (Å²) in [5.74, 6) is 2.54. The van der Waals surface area contributed by atoms with Crippen molar-refractivity contribution in [3.63, 3.8) is 0 Å². The molecular weight excluding hydrogens is 392 g/mol. The number of methoxy groups -OCH3 is 1. The van der Waals surface area contributed by atoms with Gasteiger partial charge >= 0.3 is 0 Å². The Hall–Kier alpha value is -2.77. The van der Waals surface area contributed by atoms with Crippen molar-refractivity contribution in [3.8, 4) is 11.5 Å². The number of hydrogen-bond donors (Lipinski definition) is 2. The van der Waals surface area contributed by atoms with Crippen LogP contribution in [0.25, 0.3) is 0 Å². The lowest BCUT2D eigenvalue weighted by Gasteiger charge is -2.26. The van der Waals surface area contributed by atoms with Gasteiger partial charge in [-0.25, -0.2) is 4.99 Å². The normalized spacial score (nSPS) is 14.8. The van der Waals surface area contributed by atoms with Crippen LogP contribution in [0.5, 0.6) is 11.5 Å². The van der Waals surface area contributed by atoms with Gasteiger partial charge in [0.05, 0.1) is 26.9 Å². The molecule has 1 aliphatic rings. The van der Waals surface area contributed by atoms with Crippen LogP contribution in [0, 0.1) is 0 Å². The Morgan fingerprint density at radius 1 is 1.06 bits per heavy atom. The van der Waals surface area contributed by atoms with E-state index in [9.17, 15) is 0 Å². The van der Waals surface area contributed by atoms with Crippen molar-refractivity contribution in [1.82, 2.24) is 15.5 Å². The molecule has 168 valence electrons. The van der Waals surface area contributed by atoms with Gasteiger partial charge in [0.25, 0.3) is 0 Å². The van der Waals surface area contributed by atoms with E-state index in [-0.39, 0.29) is 0 Å². The number of benzene rings is 2. The molecule has 0 saturated carbocycles. The van der Waals surface area contributed by atoms with Crippen LogP contribution >= 0.6 is 0 Å². The van der Waals surface area contributed by atoms with Crippen molar-refractivity contribution >= 4 is 5.96 Å². The lowest BCUT2D eigenvalue weighted by atomic mass is 10.2. The number of rotatable bonds is 10. The summed E-state index contributed by atoms with van der Waals surface area (Å²) in [6, 6.07) is 16.1. The van der Waals surface area contributed by atoms with Crippen LogP contribution < -0.4 is 20.1 Å². The van der Waals surface area contributed by atoms with Crippen LogP contribution in [0.15, 0.2) is 53.5 Å². The molecule has 2 aromatic rings. The molecule has 0 aliphatic carbocycles. The molecule has 0 spiro atoms. The molecule has 31 heavy (non-hydrogen) atoms. The predicted octanol–water partition coefficient (Wildman–Crippen LogP) is 2.66. The van der Waals surface area contributed by atoms with Crippen molar-refractivity contribution in [3.05, 3.63) is 59.7 Å². The minimum absolute atomic E-state index is 0.594. The molecule has 0 unspecified atom stereocenters. The smallest absolute Gasteiger partial charge is 0.191 e. The highest BCUT2D eigenvalue weighted by atomic mass is 16.5. The SMILES string of the molecule is CCNC(=NCc1ccc(OC)cc1)NCc1ccccc1OCCN1CCOCC1. The number of nitrogens with one attached hydrogen (secondary N) is 2. The van der Waals surface area contributed by atoms with E-state index in [0.717, 1.165) is 68.0 Å². The maximum atomic E-state index is 6.09. The van der Waals surface area contributed by atoms with Gasteiger partial charge in [0.2, 0.25) is 0 Å². The Kier molecular flexibility index (Phi) is 9.47. The van der Waals surface area contributed by atoms with E-state index in [2.05, 4.69) is 28.5 Å². The standard InChI is InChI=1S/C24H34N4O3/c1-3-25-24(26-18-20-8-10-22(29-2)11-9-20)27-19-21-6-4-5-7-23(21)31-17-14-28-12-15-30-16-13-28/h4-11H,3,12-19H2,1-2H3,(H2,25,26,27). The highest BCUT2D eigenvalue weighted by Crippen LogP contribution is 2.18. The molecule has 0 atom stereocenters. The van der Waals surface area contributed by atoms with E-state index in [4.69, 9.17) is 19.2 Å².